The van der Waals surface area contributed by atoms with Crippen molar-refractivity contribution in [2.24, 2.45) is 0 Å². The second-order valence-electron chi connectivity index (χ2n) is 8.45. The number of thiophene rings is 1. The number of amides is 1. The van der Waals surface area contributed by atoms with Crippen molar-refractivity contribution in [1.82, 2.24) is 4.98 Å². The molecule has 0 radical (unpaired) electrons. The van der Waals surface area contributed by atoms with E-state index >= 15 is 0 Å². The van der Waals surface area contributed by atoms with E-state index in [9.17, 15) is 17.6 Å². The maximum Gasteiger partial charge on any atom is 0.265 e. The van der Waals surface area contributed by atoms with Crippen molar-refractivity contribution in [3.05, 3.63) is 75.5 Å². The zero-order valence-electron chi connectivity index (χ0n) is 19.2. The van der Waals surface area contributed by atoms with Crippen molar-refractivity contribution in [3.63, 3.8) is 0 Å². The summed E-state index contributed by atoms with van der Waals surface area (Å²) in [4.78, 5) is 17.5. The highest BCUT2D eigenvalue weighted by atomic mass is 35.5. The Labute approximate surface area is 215 Å². The minimum Gasteiger partial charge on any atom is -0.493 e. The van der Waals surface area contributed by atoms with Gasteiger partial charge in [0.2, 0.25) is 5.88 Å². The lowest BCUT2D eigenvalue weighted by atomic mass is 10.0. The molecule has 0 aliphatic carbocycles. The second kappa shape index (κ2) is 9.34. The monoisotopic (exact) mass is 546 g/mol. The van der Waals surface area contributed by atoms with Crippen LogP contribution in [0.15, 0.2) is 48.5 Å². The Morgan fingerprint density at radius 2 is 2.06 bits per heavy atom. The average molecular weight is 547 g/mol. The summed E-state index contributed by atoms with van der Waals surface area (Å²) >= 11 is 7.36. The highest BCUT2D eigenvalue weighted by Crippen LogP contribution is 2.41. The van der Waals surface area contributed by atoms with E-state index in [4.69, 9.17) is 21.1 Å². The summed E-state index contributed by atoms with van der Waals surface area (Å²) in [6.07, 6.45) is 1.60. The lowest BCUT2D eigenvalue weighted by Crippen LogP contribution is -2.20. The zero-order chi connectivity index (χ0) is 25.6. The number of fused-ring (bicyclic) bond motifs is 2. The molecule has 1 aliphatic rings. The number of aryl methyl sites for hydroxylation is 1. The van der Waals surface area contributed by atoms with Crippen LogP contribution in [0.5, 0.6) is 17.4 Å². The van der Waals surface area contributed by atoms with Crippen molar-refractivity contribution >= 4 is 54.5 Å². The molecule has 1 N–H and O–H groups in total. The first-order valence-corrected chi connectivity index (χ1v) is 14.0. The van der Waals surface area contributed by atoms with Gasteiger partial charge in [0.15, 0.2) is 21.4 Å². The topological polar surface area (TPSA) is 94.6 Å². The first kappa shape index (κ1) is 24.5. The van der Waals surface area contributed by atoms with Crippen LogP contribution in [-0.2, 0) is 9.84 Å². The molecule has 0 saturated heterocycles. The summed E-state index contributed by atoms with van der Waals surface area (Å²) in [6, 6.07) is 12.9. The lowest BCUT2D eigenvalue weighted by Gasteiger charge is -2.24. The summed E-state index contributed by atoms with van der Waals surface area (Å²) in [5.74, 6) is -0.380. The van der Waals surface area contributed by atoms with Crippen LogP contribution in [0.3, 0.4) is 0 Å². The molecule has 1 atom stereocenters. The fraction of sp³-hybridized carbons (Fsp3) is 0.200. The summed E-state index contributed by atoms with van der Waals surface area (Å²) < 4.78 is 50.9. The summed E-state index contributed by atoms with van der Waals surface area (Å²) in [7, 11) is -3.30. The smallest absolute Gasteiger partial charge is 0.265 e. The molecule has 3 heterocycles. The van der Waals surface area contributed by atoms with Crippen LogP contribution in [0.1, 0.15) is 32.5 Å². The van der Waals surface area contributed by atoms with Crippen LogP contribution in [0, 0.1) is 12.7 Å². The maximum atomic E-state index is 14.3. The second-order valence-corrected chi connectivity index (χ2v) is 12.2. The SMILES string of the molecule is Cc1cccc(Oc2cc(NC(=O)c3cc4cc5c(cc4s3)OCCC5S(C)(=O)=O)cc(Cl)n2)c1F. The number of benzene rings is 2. The van der Waals surface area contributed by atoms with Gasteiger partial charge in [-0.3, -0.25) is 4.79 Å². The first-order valence-electron chi connectivity index (χ1n) is 10.9. The van der Waals surface area contributed by atoms with E-state index in [1.807, 2.05) is 0 Å². The third-order valence-corrected chi connectivity index (χ3v) is 8.59. The number of nitrogens with one attached hydrogen (secondary N) is 1. The number of carbonyl (C=O) groups is 1. The third kappa shape index (κ3) is 4.88. The molecule has 2 aromatic heterocycles. The summed E-state index contributed by atoms with van der Waals surface area (Å²) in [6.45, 7) is 1.93. The van der Waals surface area contributed by atoms with Gasteiger partial charge in [-0.25, -0.2) is 17.8 Å². The number of pyridine rings is 1. The van der Waals surface area contributed by atoms with Crippen LogP contribution >= 0.6 is 22.9 Å². The molecule has 5 rings (SSSR count). The maximum absolute atomic E-state index is 14.3. The molecule has 1 unspecified atom stereocenters. The number of halogens is 2. The van der Waals surface area contributed by atoms with Gasteiger partial charge in [-0.2, -0.15) is 0 Å². The summed E-state index contributed by atoms with van der Waals surface area (Å²) in [5.41, 5.74) is 1.34. The van der Waals surface area contributed by atoms with Gasteiger partial charge >= 0.3 is 0 Å². The van der Waals surface area contributed by atoms with E-state index in [1.54, 1.807) is 37.3 Å². The minimum absolute atomic E-state index is 0.00914. The molecule has 0 spiro atoms. The average Bonchev–Trinajstić information content (AvgIpc) is 3.22. The van der Waals surface area contributed by atoms with Gasteiger partial charge < -0.3 is 14.8 Å². The highest BCUT2D eigenvalue weighted by Gasteiger charge is 2.30. The van der Waals surface area contributed by atoms with Crippen LogP contribution in [-0.4, -0.2) is 32.2 Å². The molecule has 1 amide bonds. The Morgan fingerprint density at radius 1 is 1.25 bits per heavy atom. The molecule has 0 saturated carbocycles. The van der Waals surface area contributed by atoms with Gasteiger partial charge in [-0.15, -0.1) is 11.3 Å². The number of rotatable bonds is 5. The van der Waals surface area contributed by atoms with Crippen molar-refractivity contribution in [1.29, 1.82) is 0 Å². The number of hydrogen-bond donors (Lipinski definition) is 1. The van der Waals surface area contributed by atoms with E-state index in [-0.39, 0.29) is 16.8 Å². The normalized spacial score (nSPS) is 15.3. The van der Waals surface area contributed by atoms with Crippen molar-refractivity contribution in [3.8, 4) is 17.4 Å². The van der Waals surface area contributed by atoms with E-state index in [1.165, 1.54) is 35.8 Å². The van der Waals surface area contributed by atoms with E-state index in [0.717, 1.165) is 10.1 Å². The quantitative estimate of drug-likeness (QED) is 0.295. The van der Waals surface area contributed by atoms with E-state index in [2.05, 4.69) is 10.3 Å². The Hall–Kier alpha value is -3.21. The van der Waals surface area contributed by atoms with Gasteiger partial charge in [0.25, 0.3) is 5.91 Å². The minimum atomic E-state index is -3.30. The summed E-state index contributed by atoms with van der Waals surface area (Å²) in [5, 5.41) is 2.92. The van der Waals surface area contributed by atoms with Crippen molar-refractivity contribution in [2.75, 3.05) is 18.2 Å². The Morgan fingerprint density at radius 3 is 2.83 bits per heavy atom. The lowest BCUT2D eigenvalue weighted by molar-refractivity contribution is 0.103. The first-order chi connectivity index (χ1) is 17.1. The molecule has 11 heteroatoms. The van der Waals surface area contributed by atoms with Crippen LogP contribution in [0.2, 0.25) is 5.15 Å². The number of anilines is 1. The molecule has 2 aromatic carbocycles. The third-order valence-electron chi connectivity index (χ3n) is 5.77. The van der Waals surface area contributed by atoms with Crippen molar-refractivity contribution < 1.29 is 27.1 Å². The fourth-order valence-electron chi connectivity index (χ4n) is 4.05. The predicted molar refractivity (Wildman–Crippen MR) is 138 cm³/mol. The Bertz CT molecular complexity index is 1620. The van der Waals surface area contributed by atoms with E-state index in [0.29, 0.717) is 40.5 Å². The largest absolute Gasteiger partial charge is 0.493 e. The fourth-order valence-corrected chi connectivity index (χ4v) is 6.39. The van der Waals surface area contributed by atoms with Crippen molar-refractivity contribution in [2.45, 2.75) is 18.6 Å². The molecule has 0 fully saturated rings. The number of hydrogen-bond acceptors (Lipinski definition) is 7. The Balaban J connectivity index is 1.41. The number of sulfone groups is 1. The molecule has 36 heavy (non-hydrogen) atoms. The zero-order valence-corrected chi connectivity index (χ0v) is 21.6. The molecule has 1 aliphatic heterocycles. The molecule has 4 aromatic rings. The standard InChI is InChI=1S/C25H20ClFN2O5S2/c1-13-4-3-5-17(24(13)27)34-23-11-15(10-22(26)29-23)28-25(30)20-9-14-8-16-18(12-19(14)35-20)33-7-6-21(16)36(2,31)32/h3-5,8-12,21H,6-7H2,1-2H3,(H,28,29,30). The number of carbonyl (C=O) groups excluding carboxylic acids is 1. The molecule has 7 nitrogen and oxygen atoms in total. The molecule has 0 bridgehead atoms. The van der Waals surface area contributed by atoms with Gasteiger partial charge in [0.1, 0.15) is 10.9 Å². The molecular formula is C25H20ClFN2O5S2. The van der Waals surface area contributed by atoms with Gasteiger partial charge in [0, 0.05) is 34.7 Å². The Kier molecular flexibility index (Phi) is 6.36. The van der Waals surface area contributed by atoms with Gasteiger partial charge in [0.05, 0.1) is 16.7 Å². The van der Waals surface area contributed by atoms with E-state index < -0.39 is 26.8 Å². The number of ether oxygens (including phenoxy) is 2. The van der Waals surface area contributed by atoms with Gasteiger partial charge in [-0.05, 0) is 48.2 Å². The highest BCUT2D eigenvalue weighted by molar-refractivity contribution is 7.90. The van der Waals surface area contributed by atoms with Crippen LogP contribution in [0.4, 0.5) is 10.1 Å². The van der Waals surface area contributed by atoms with Crippen LogP contribution in [0.25, 0.3) is 10.1 Å². The number of aromatic nitrogens is 1. The number of nitrogens with zero attached hydrogens (tertiary/aromatic N) is 1. The predicted octanol–water partition coefficient (Wildman–Crippen LogP) is 6.31. The van der Waals surface area contributed by atoms with Gasteiger partial charge in [-0.1, -0.05) is 23.7 Å². The van der Waals surface area contributed by atoms with Crippen LogP contribution < -0.4 is 14.8 Å². The molecule has 186 valence electrons. The molecular weight excluding hydrogens is 527 g/mol.